The maximum Gasteiger partial charge on any atom is 0.306 e. The summed E-state index contributed by atoms with van der Waals surface area (Å²) >= 11 is 0. The standard InChI is InChI=1S/C57H92O14/c1-3-5-7-9-11-13-15-17-19-21-23-24-26-28-30-32-34-36-38-40-49(59)69-46(43-66-41-39-37-35-33-31-29-27-25-22-20-18-16-14-12-10-8-6-4-2)44-67-56-55(65)53(63)51(61)48(71-56)45-68-57-54(64)52(62)50(60)47(42-58)70-57/h5-8,11-14,17-20,23-24,28,30,34,36,46-48,50-58,60-65H,3-4,9-10,15-16,21-22,25-27,29,31-33,35,37-45H2,1-2H3/b7-5-,8-6-,13-11-,14-12-,19-17-,20-18-,24-23-,30-28-,36-34-. The van der Waals surface area contributed by atoms with Gasteiger partial charge in [-0.3, -0.25) is 4.79 Å². The third-order valence-electron chi connectivity index (χ3n) is 11.8. The van der Waals surface area contributed by atoms with E-state index < -0.39 is 86.7 Å². The summed E-state index contributed by atoms with van der Waals surface area (Å²) in [5.41, 5.74) is 0. The molecule has 2 aliphatic rings. The van der Waals surface area contributed by atoms with Gasteiger partial charge in [-0.05, 0) is 83.5 Å². The molecular weight excluding hydrogens is 909 g/mol. The normalized spacial score (nSPS) is 26.2. The largest absolute Gasteiger partial charge is 0.457 e. The molecule has 0 bridgehead atoms. The molecule has 0 aromatic heterocycles. The Morgan fingerprint density at radius 1 is 0.465 bits per heavy atom. The summed E-state index contributed by atoms with van der Waals surface area (Å²) < 4.78 is 34.2. The van der Waals surface area contributed by atoms with Crippen LogP contribution in [0.4, 0.5) is 0 Å². The van der Waals surface area contributed by atoms with Crippen LogP contribution in [-0.2, 0) is 33.2 Å². The Morgan fingerprint density at radius 2 is 0.873 bits per heavy atom. The Morgan fingerprint density at radius 3 is 1.37 bits per heavy atom. The third kappa shape index (κ3) is 30.4. The van der Waals surface area contributed by atoms with E-state index in [1.54, 1.807) is 0 Å². The van der Waals surface area contributed by atoms with Gasteiger partial charge in [-0.25, -0.2) is 0 Å². The zero-order valence-corrected chi connectivity index (χ0v) is 42.9. The summed E-state index contributed by atoms with van der Waals surface area (Å²) in [5, 5.41) is 72.2. The lowest BCUT2D eigenvalue weighted by Gasteiger charge is -2.42. The molecule has 14 nitrogen and oxygen atoms in total. The van der Waals surface area contributed by atoms with Crippen LogP contribution in [0.5, 0.6) is 0 Å². The van der Waals surface area contributed by atoms with Crippen molar-refractivity contribution in [3.05, 3.63) is 109 Å². The van der Waals surface area contributed by atoms with E-state index in [2.05, 4.69) is 111 Å². The first kappa shape index (κ1) is 63.8. The van der Waals surface area contributed by atoms with Gasteiger partial charge in [-0.15, -0.1) is 0 Å². The molecule has 11 unspecified atom stereocenters. The van der Waals surface area contributed by atoms with Gasteiger partial charge in [0.25, 0.3) is 0 Å². The predicted octanol–water partition coefficient (Wildman–Crippen LogP) is 8.40. The molecule has 2 aliphatic heterocycles. The molecule has 11 atom stereocenters. The number of allylic oxidation sites excluding steroid dienone is 18. The number of aliphatic hydroxyl groups is 7. The molecule has 2 saturated heterocycles. The topological polar surface area (TPSA) is 214 Å². The number of hydrogen-bond donors (Lipinski definition) is 7. The second-order valence-corrected chi connectivity index (χ2v) is 17.9. The molecule has 0 saturated carbocycles. The van der Waals surface area contributed by atoms with Crippen molar-refractivity contribution in [3.63, 3.8) is 0 Å². The Hall–Kier alpha value is -3.35. The minimum atomic E-state index is -1.73. The van der Waals surface area contributed by atoms with Gasteiger partial charge >= 0.3 is 5.97 Å². The number of ether oxygens (including phenoxy) is 6. The predicted molar refractivity (Wildman–Crippen MR) is 279 cm³/mol. The van der Waals surface area contributed by atoms with Gasteiger partial charge in [0, 0.05) is 13.0 Å². The molecule has 2 fully saturated rings. The lowest BCUT2D eigenvalue weighted by atomic mass is 9.98. The third-order valence-corrected chi connectivity index (χ3v) is 11.8. The molecule has 71 heavy (non-hydrogen) atoms. The Labute approximate surface area is 425 Å². The van der Waals surface area contributed by atoms with Crippen LogP contribution in [0, 0.1) is 0 Å². The number of carbonyl (C=O) groups excluding carboxylic acids is 1. The highest BCUT2D eigenvalue weighted by Crippen LogP contribution is 2.26. The molecule has 0 aromatic carbocycles. The van der Waals surface area contributed by atoms with E-state index in [9.17, 15) is 40.5 Å². The Kier molecular flexibility index (Phi) is 38.7. The molecule has 0 aromatic rings. The summed E-state index contributed by atoms with van der Waals surface area (Å²) in [7, 11) is 0. The van der Waals surface area contributed by atoms with Crippen LogP contribution in [0.1, 0.15) is 142 Å². The average Bonchev–Trinajstić information content (AvgIpc) is 3.37. The van der Waals surface area contributed by atoms with E-state index in [-0.39, 0.29) is 19.6 Å². The van der Waals surface area contributed by atoms with Crippen molar-refractivity contribution in [2.24, 2.45) is 0 Å². The van der Waals surface area contributed by atoms with Gasteiger partial charge in [0.15, 0.2) is 12.6 Å². The minimum Gasteiger partial charge on any atom is -0.457 e. The molecular formula is C57H92O14. The number of carbonyl (C=O) groups is 1. The average molecular weight is 1000 g/mol. The summed E-state index contributed by atoms with van der Waals surface area (Å²) in [6, 6.07) is 0. The molecule has 404 valence electrons. The molecule has 14 heteroatoms. The molecule has 0 amide bonds. The van der Waals surface area contributed by atoms with Crippen molar-refractivity contribution < 1.29 is 69.0 Å². The van der Waals surface area contributed by atoms with E-state index in [0.717, 1.165) is 89.9 Å². The molecule has 0 spiro atoms. The van der Waals surface area contributed by atoms with Crippen LogP contribution in [0.2, 0.25) is 0 Å². The quantitative estimate of drug-likeness (QED) is 0.0175. The van der Waals surface area contributed by atoms with Crippen LogP contribution in [0.15, 0.2) is 109 Å². The number of esters is 1. The van der Waals surface area contributed by atoms with Gasteiger partial charge < -0.3 is 64.2 Å². The van der Waals surface area contributed by atoms with E-state index in [1.807, 2.05) is 12.2 Å². The molecule has 0 radical (unpaired) electrons. The van der Waals surface area contributed by atoms with Gasteiger partial charge in [-0.1, -0.05) is 162 Å². The molecule has 2 rings (SSSR count). The second kappa shape index (κ2) is 43.1. The first-order valence-electron chi connectivity index (χ1n) is 26.5. The second-order valence-electron chi connectivity index (χ2n) is 17.9. The van der Waals surface area contributed by atoms with E-state index in [4.69, 9.17) is 28.4 Å². The van der Waals surface area contributed by atoms with E-state index in [1.165, 1.54) is 25.7 Å². The maximum absolute atomic E-state index is 13.0. The number of rotatable bonds is 40. The SMILES string of the molecule is CC/C=C\C/C=C\C/C=C\C/C=C\C/C=C\C/C=C\CCC(=O)OC(COCCCCCCCCCC/C=C\C/C=C\C/C=C\CC)COC1OC(COC2OC(CO)C(O)C(O)C2O)C(O)C(O)C1O. The number of hydrogen-bond acceptors (Lipinski definition) is 14. The van der Waals surface area contributed by atoms with E-state index in [0.29, 0.717) is 13.0 Å². The Bertz CT molecular complexity index is 1580. The van der Waals surface area contributed by atoms with Crippen molar-refractivity contribution in [1.29, 1.82) is 0 Å². The smallest absolute Gasteiger partial charge is 0.306 e. The highest BCUT2D eigenvalue weighted by Gasteiger charge is 2.47. The van der Waals surface area contributed by atoms with Crippen molar-refractivity contribution in [2.75, 3.05) is 33.0 Å². The summed E-state index contributed by atoms with van der Waals surface area (Å²) in [5.74, 6) is -0.465. The maximum atomic E-state index is 13.0. The lowest BCUT2D eigenvalue weighted by Crippen LogP contribution is -2.61. The molecule has 2 heterocycles. The summed E-state index contributed by atoms with van der Waals surface area (Å²) in [6.07, 6.45) is 41.6. The van der Waals surface area contributed by atoms with Gasteiger partial charge in [0.1, 0.15) is 54.9 Å². The fourth-order valence-electron chi connectivity index (χ4n) is 7.56. The van der Waals surface area contributed by atoms with Crippen LogP contribution in [-0.4, -0.2) is 142 Å². The number of unbranched alkanes of at least 4 members (excludes halogenated alkanes) is 8. The zero-order valence-electron chi connectivity index (χ0n) is 42.9. The van der Waals surface area contributed by atoms with Crippen molar-refractivity contribution in [3.8, 4) is 0 Å². The molecule has 0 aliphatic carbocycles. The highest BCUT2D eigenvalue weighted by molar-refractivity contribution is 5.69. The van der Waals surface area contributed by atoms with E-state index >= 15 is 0 Å². The summed E-state index contributed by atoms with van der Waals surface area (Å²) in [4.78, 5) is 13.0. The Balaban J connectivity index is 1.80. The van der Waals surface area contributed by atoms with Crippen molar-refractivity contribution >= 4 is 5.97 Å². The van der Waals surface area contributed by atoms with Crippen LogP contribution >= 0.6 is 0 Å². The number of aliphatic hydroxyl groups excluding tert-OH is 7. The van der Waals surface area contributed by atoms with Crippen LogP contribution < -0.4 is 0 Å². The highest BCUT2D eigenvalue weighted by atomic mass is 16.7. The summed E-state index contributed by atoms with van der Waals surface area (Å²) in [6.45, 7) is 3.32. The van der Waals surface area contributed by atoms with Gasteiger partial charge in [0.2, 0.25) is 0 Å². The van der Waals surface area contributed by atoms with Gasteiger partial charge in [0.05, 0.1) is 26.4 Å². The van der Waals surface area contributed by atoms with Gasteiger partial charge in [-0.2, -0.15) is 0 Å². The lowest BCUT2D eigenvalue weighted by molar-refractivity contribution is -0.332. The fourth-order valence-corrected chi connectivity index (χ4v) is 7.56. The molecule has 7 N–H and O–H groups in total. The fraction of sp³-hybridized carbons (Fsp3) is 0.667. The van der Waals surface area contributed by atoms with Crippen molar-refractivity contribution in [2.45, 2.75) is 210 Å². The van der Waals surface area contributed by atoms with Crippen molar-refractivity contribution in [1.82, 2.24) is 0 Å². The van der Waals surface area contributed by atoms with Crippen LogP contribution in [0.3, 0.4) is 0 Å². The zero-order chi connectivity index (χ0) is 51.6. The minimum absolute atomic E-state index is 0.0182. The monoisotopic (exact) mass is 1000 g/mol. The first-order chi connectivity index (χ1) is 34.6. The first-order valence-corrected chi connectivity index (χ1v) is 26.5. The van der Waals surface area contributed by atoms with Crippen LogP contribution in [0.25, 0.3) is 0 Å².